The van der Waals surface area contributed by atoms with Crippen LogP contribution in [0.25, 0.3) is 0 Å². The van der Waals surface area contributed by atoms with Crippen LogP contribution < -0.4 is 10.6 Å². The summed E-state index contributed by atoms with van der Waals surface area (Å²) in [5.74, 6) is -1.25. The molecule has 5 nitrogen and oxygen atoms in total. The van der Waals surface area contributed by atoms with Gasteiger partial charge in [-0.25, -0.2) is 0 Å². The average molecular weight is 299 g/mol. The van der Waals surface area contributed by atoms with Gasteiger partial charge in [-0.15, -0.1) is 0 Å². The van der Waals surface area contributed by atoms with E-state index in [1.807, 2.05) is 6.92 Å². The third-order valence-corrected chi connectivity index (χ3v) is 3.05. The minimum Gasteiger partial charge on any atom is -0.480 e. The molecule has 0 aromatic heterocycles. The van der Waals surface area contributed by atoms with E-state index in [-0.39, 0.29) is 5.91 Å². The molecule has 0 aliphatic heterocycles. The van der Waals surface area contributed by atoms with Crippen LogP contribution in [0.15, 0.2) is 24.3 Å². The summed E-state index contributed by atoms with van der Waals surface area (Å²) in [6.45, 7) is 3.53. The fraction of sp³-hybridized carbons (Fsp3) is 0.429. The van der Waals surface area contributed by atoms with Gasteiger partial charge in [-0.1, -0.05) is 31.0 Å². The zero-order valence-corrected chi connectivity index (χ0v) is 12.3. The minimum absolute atomic E-state index is 0.297. The zero-order valence-electron chi connectivity index (χ0n) is 11.5. The maximum atomic E-state index is 12.0. The van der Waals surface area contributed by atoms with E-state index in [9.17, 15) is 9.59 Å². The van der Waals surface area contributed by atoms with Crippen LogP contribution in [0.2, 0.25) is 5.02 Å². The second kappa shape index (κ2) is 7.87. The number of nitrogens with one attached hydrogen (secondary N) is 2. The lowest BCUT2D eigenvalue weighted by atomic mass is 10.1. The van der Waals surface area contributed by atoms with Crippen molar-refractivity contribution >= 4 is 29.2 Å². The smallest absolute Gasteiger partial charge is 0.320 e. The molecule has 3 N–H and O–H groups in total. The summed E-state index contributed by atoms with van der Waals surface area (Å²) in [5.41, 5.74) is 0.582. The number of rotatable bonds is 7. The number of hydrogen-bond donors (Lipinski definition) is 3. The quantitative estimate of drug-likeness (QED) is 0.723. The Morgan fingerprint density at radius 2 is 2.10 bits per heavy atom. The van der Waals surface area contributed by atoms with Gasteiger partial charge >= 0.3 is 5.97 Å². The Labute approximate surface area is 123 Å². The SMILES string of the molecule is CCCC(NC(C)C(=O)Nc1cccc(Cl)c1)C(=O)O. The summed E-state index contributed by atoms with van der Waals surface area (Å²) in [6, 6.07) is 5.46. The van der Waals surface area contributed by atoms with Gasteiger partial charge in [0.25, 0.3) is 0 Å². The van der Waals surface area contributed by atoms with Crippen LogP contribution in [0.1, 0.15) is 26.7 Å². The Hall–Kier alpha value is -1.59. The van der Waals surface area contributed by atoms with Crippen LogP contribution in [0.5, 0.6) is 0 Å². The summed E-state index contributed by atoms with van der Waals surface area (Å²) in [7, 11) is 0. The summed E-state index contributed by atoms with van der Waals surface area (Å²) in [4.78, 5) is 23.0. The Kier molecular flexibility index (Phi) is 6.48. The molecule has 1 aromatic rings. The van der Waals surface area contributed by atoms with Gasteiger partial charge in [0.15, 0.2) is 0 Å². The van der Waals surface area contributed by atoms with Gasteiger partial charge in [0.2, 0.25) is 5.91 Å². The molecule has 2 atom stereocenters. The third-order valence-electron chi connectivity index (χ3n) is 2.81. The highest BCUT2D eigenvalue weighted by atomic mass is 35.5. The maximum absolute atomic E-state index is 12.0. The van der Waals surface area contributed by atoms with Gasteiger partial charge in [-0.3, -0.25) is 14.9 Å². The predicted octanol–water partition coefficient (Wildman–Crippen LogP) is 2.51. The van der Waals surface area contributed by atoms with E-state index in [1.54, 1.807) is 31.2 Å². The van der Waals surface area contributed by atoms with E-state index in [1.165, 1.54) is 0 Å². The molecule has 0 spiro atoms. The number of benzene rings is 1. The fourth-order valence-corrected chi connectivity index (χ4v) is 1.95. The van der Waals surface area contributed by atoms with Crippen molar-refractivity contribution in [2.24, 2.45) is 0 Å². The zero-order chi connectivity index (χ0) is 15.1. The van der Waals surface area contributed by atoms with Crippen molar-refractivity contribution in [1.29, 1.82) is 0 Å². The van der Waals surface area contributed by atoms with Crippen molar-refractivity contribution in [2.75, 3.05) is 5.32 Å². The third kappa shape index (κ3) is 5.19. The monoisotopic (exact) mass is 298 g/mol. The molecule has 0 radical (unpaired) electrons. The van der Waals surface area contributed by atoms with Gasteiger partial charge < -0.3 is 10.4 Å². The molecular formula is C14H19ClN2O3. The van der Waals surface area contributed by atoms with Gasteiger partial charge in [-0.05, 0) is 31.5 Å². The van der Waals surface area contributed by atoms with E-state index in [0.29, 0.717) is 17.1 Å². The number of hydrogen-bond acceptors (Lipinski definition) is 3. The Balaban J connectivity index is 2.60. The first kappa shape index (κ1) is 16.5. The number of aliphatic carboxylic acids is 1. The molecular weight excluding hydrogens is 280 g/mol. The largest absolute Gasteiger partial charge is 0.480 e. The van der Waals surface area contributed by atoms with Crippen LogP contribution in [0, 0.1) is 0 Å². The van der Waals surface area contributed by atoms with Crippen LogP contribution in [-0.2, 0) is 9.59 Å². The first-order chi connectivity index (χ1) is 9.43. The highest BCUT2D eigenvalue weighted by molar-refractivity contribution is 6.30. The maximum Gasteiger partial charge on any atom is 0.320 e. The molecule has 0 bridgehead atoms. The standard InChI is InChI=1S/C14H19ClN2O3/c1-3-5-12(14(19)20)16-9(2)13(18)17-11-7-4-6-10(15)8-11/h4,6-9,12,16H,3,5H2,1-2H3,(H,17,18)(H,19,20). The molecule has 0 aliphatic carbocycles. The topological polar surface area (TPSA) is 78.4 Å². The van der Waals surface area contributed by atoms with Gasteiger partial charge in [-0.2, -0.15) is 0 Å². The number of carbonyl (C=O) groups is 2. The molecule has 1 rings (SSSR count). The number of carboxylic acid groups (broad SMARTS) is 1. The number of anilines is 1. The van der Waals surface area contributed by atoms with Crippen LogP contribution in [0.3, 0.4) is 0 Å². The van der Waals surface area contributed by atoms with E-state index in [2.05, 4.69) is 10.6 Å². The average Bonchev–Trinajstić information content (AvgIpc) is 2.37. The predicted molar refractivity (Wildman–Crippen MR) is 79.0 cm³/mol. The summed E-state index contributed by atoms with van der Waals surface area (Å²) < 4.78 is 0. The van der Waals surface area contributed by atoms with Crippen molar-refractivity contribution in [3.63, 3.8) is 0 Å². The summed E-state index contributed by atoms with van der Waals surface area (Å²) in [6.07, 6.45) is 1.21. The lowest BCUT2D eigenvalue weighted by Gasteiger charge is -2.19. The van der Waals surface area contributed by atoms with Gasteiger partial charge in [0.1, 0.15) is 6.04 Å². The van der Waals surface area contributed by atoms with E-state index in [0.717, 1.165) is 6.42 Å². The number of carboxylic acids is 1. The molecule has 0 saturated carbocycles. The highest BCUT2D eigenvalue weighted by Gasteiger charge is 2.22. The lowest BCUT2D eigenvalue weighted by molar-refractivity contribution is -0.140. The molecule has 2 unspecified atom stereocenters. The van der Waals surface area contributed by atoms with Crippen LogP contribution in [-0.4, -0.2) is 29.1 Å². The second-order valence-electron chi connectivity index (χ2n) is 4.57. The minimum atomic E-state index is -0.950. The number of halogens is 1. The van der Waals surface area contributed by atoms with E-state index in [4.69, 9.17) is 16.7 Å². The molecule has 110 valence electrons. The number of carbonyl (C=O) groups excluding carboxylic acids is 1. The molecule has 20 heavy (non-hydrogen) atoms. The number of amides is 1. The normalized spacial score (nSPS) is 13.6. The van der Waals surface area contributed by atoms with Crippen LogP contribution in [0.4, 0.5) is 5.69 Å². The second-order valence-corrected chi connectivity index (χ2v) is 5.00. The molecule has 1 amide bonds. The van der Waals surface area contributed by atoms with Crippen molar-refractivity contribution in [1.82, 2.24) is 5.32 Å². The van der Waals surface area contributed by atoms with Crippen molar-refractivity contribution in [3.8, 4) is 0 Å². The molecule has 0 aliphatic rings. The Morgan fingerprint density at radius 1 is 1.40 bits per heavy atom. The Morgan fingerprint density at radius 3 is 2.65 bits per heavy atom. The van der Waals surface area contributed by atoms with Crippen molar-refractivity contribution < 1.29 is 14.7 Å². The molecule has 0 fully saturated rings. The molecule has 1 aromatic carbocycles. The fourth-order valence-electron chi connectivity index (χ4n) is 1.76. The first-order valence-electron chi connectivity index (χ1n) is 6.49. The van der Waals surface area contributed by atoms with E-state index < -0.39 is 18.1 Å². The lowest BCUT2D eigenvalue weighted by Crippen LogP contribution is -2.47. The highest BCUT2D eigenvalue weighted by Crippen LogP contribution is 2.15. The van der Waals surface area contributed by atoms with Crippen molar-refractivity contribution in [2.45, 2.75) is 38.8 Å². The Bertz CT molecular complexity index is 479. The molecule has 0 heterocycles. The van der Waals surface area contributed by atoms with Crippen molar-refractivity contribution in [3.05, 3.63) is 29.3 Å². The van der Waals surface area contributed by atoms with Gasteiger partial charge in [0, 0.05) is 10.7 Å². The first-order valence-corrected chi connectivity index (χ1v) is 6.87. The van der Waals surface area contributed by atoms with Crippen LogP contribution >= 0.6 is 11.6 Å². The molecule has 0 saturated heterocycles. The molecule has 6 heteroatoms. The summed E-state index contributed by atoms with van der Waals surface area (Å²) >= 11 is 5.83. The summed E-state index contributed by atoms with van der Waals surface area (Å²) in [5, 5.41) is 15.1. The van der Waals surface area contributed by atoms with Gasteiger partial charge in [0.05, 0.1) is 6.04 Å². The van der Waals surface area contributed by atoms with E-state index >= 15 is 0 Å².